The Morgan fingerprint density at radius 2 is 2.29 bits per heavy atom. The summed E-state index contributed by atoms with van der Waals surface area (Å²) < 4.78 is 15.8. The van der Waals surface area contributed by atoms with Crippen LogP contribution in [-0.2, 0) is 0 Å². The van der Waals surface area contributed by atoms with Crippen LogP contribution in [0.2, 0.25) is 5.02 Å². The van der Waals surface area contributed by atoms with Crippen molar-refractivity contribution < 1.29 is 9.18 Å². The third-order valence-corrected chi connectivity index (χ3v) is 3.42. The lowest BCUT2D eigenvalue weighted by atomic mass is 10.2. The molecule has 1 aliphatic rings. The number of aromatic nitrogens is 1. The van der Waals surface area contributed by atoms with Gasteiger partial charge < -0.3 is 9.88 Å². The number of hydrogen-bond donors (Lipinski definition) is 1. The highest BCUT2D eigenvalue weighted by Gasteiger charge is 2.26. The van der Waals surface area contributed by atoms with E-state index in [1.807, 2.05) is 6.92 Å². The maximum absolute atomic E-state index is 14.0. The van der Waals surface area contributed by atoms with Crippen molar-refractivity contribution in [1.29, 1.82) is 0 Å². The Balaban J connectivity index is 2.44. The van der Waals surface area contributed by atoms with Crippen LogP contribution in [0.3, 0.4) is 0 Å². The van der Waals surface area contributed by atoms with Gasteiger partial charge in [0.2, 0.25) is 0 Å². The zero-order valence-corrected chi connectivity index (χ0v) is 9.88. The molecule has 88 valence electrons. The van der Waals surface area contributed by atoms with Crippen LogP contribution < -0.4 is 5.32 Å². The molecule has 2 aromatic rings. The maximum atomic E-state index is 14.0. The topological polar surface area (TPSA) is 34.0 Å². The predicted molar refractivity (Wildman–Crippen MR) is 64.0 cm³/mol. The second kappa shape index (κ2) is 3.47. The fraction of sp³-hybridized carbons (Fsp3) is 0.250. The average molecular weight is 253 g/mol. The van der Waals surface area contributed by atoms with Gasteiger partial charge in [-0.05, 0) is 19.1 Å². The Kier molecular flexibility index (Phi) is 2.16. The first-order chi connectivity index (χ1) is 8.09. The molecule has 0 unspecified atom stereocenters. The average Bonchev–Trinajstić information content (AvgIpc) is 2.70. The van der Waals surface area contributed by atoms with Crippen molar-refractivity contribution in [2.24, 2.45) is 0 Å². The van der Waals surface area contributed by atoms with E-state index in [-0.39, 0.29) is 17.0 Å². The Bertz CT molecular complexity index is 635. The summed E-state index contributed by atoms with van der Waals surface area (Å²) in [5.74, 6) is -0.633. The fourth-order valence-electron chi connectivity index (χ4n) is 2.31. The minimum absolute atomic E-state index is 0.0215. The highest BCUT2D eigenvalue weighted by molar-refractivity contribution is 6.31. The summed E-state index contributed by atoms with van der Waals surface area (Å²) in [7, 11) is 0. The van der Waals surface area contributed by atoms with Gasteiger partial charge in [0.1, 0.15) is 5.69 Å². The number of rotatable bonds is 0. The molecule has 0 saturated carbocycles. The second-order valence-corrected chi connectivity index (χ2v) is 4.67. The van der Waals surface area contributed by atoms with Crippen molar-refractivity contribution in [3.05, 3.63) is 34.7 Å². The first-order valence-electron chi connectivity index (χ1n) is 5.36. The standard InChI is InChI=1S/C12H10ClFN2O/c1-6-5-15-12(17)9-4-7-2-3-8(13)10(14)11(7)16(6)9/h2-4,6H,5H2,1H3,(H,15,17)/t6-/m1/s1. The summed E-state index contributed by atoms with van der Waals surface area (Å²) in [4.78, 5) is 11.7. The molecule has 0 fully saturated rings. The molecule has 5 heteroatoms. The van der Waals surface area contributed by atoms with Crippen LogP contribution in [0.5, 0.6) is 0 Å². The Labute approximate surface area is 102 Å². The van der Waals surface area contributed by atoms with Gasteiger partial charge in [-0.1, -0.05) is 17.7 Å². The molecular weight excluding hydrogens is 243 g/mol. The van der Waals surface area contributed by atoms with Crippen LogP contribution in [0.4, 0.5) is 4.39 Å². The van der Waals surface area contributed by atoms with Crippen LogP contribution >= 0.6 is 11.6 Å². The van der Waals surface area contributed by atoms with Gasteiger partial charge in [0, 0.05) is 18.0 Å². The third-order valence-electron chi connectivity index (χ3n) is 3.12. The molecule has 0 spiro atoms. The molecule has 2 heterocycles. The van der Waals surface area contributed by atoms with Crippen LogP contribution in [0, 0.1) is 5.82 Å². The van der Waals surface area contributed by atoms with Gasteiger partial charge in [-0.25, -0.2) is 4.39 Å². The SMILES string of the molecule is C[C@@H]1CNC(=O)c2cc3ccc(Cl)c(F)c3n21. The highest BCUT2D eigenvalue weighted by Crippen LogP contribution is 2.31. The van der Waals surface area contributed by atoms with E-state index in [1.165, 1.54) is 6.07 Å². The number of benzene rings is 1. The van der Waals surface area contributed by atoms with Crippen LogP contribution in [0.15, 0.2) is 18.2 Å². The Morgan fingerprint density at radius 1 is 1.53 bits per heavy atom. The monoisotopic (exact) mass is 252 g/mol. The molecule has 3 rings (SSSR count). The van der Waals surface area contributed by atoms with Crippen LogP contribution in [0.1, 0.15) is 23.5 Å². The first kappa shape index (κ1) is 10.6. The van der Waals surface area contributed by atoms with Gasteiger partial charge in [0.25, 0.3) is 5.91 Å². The lowest BCUT2D eigenvalue weighted by Crippen LogP contribution is -2.37. The number of amides is 1. The molecule has 0 aliphatic carbocycles. The first-order valence-corrected chi connectivity index (χ1v) is 5.74. The fourth-order valence-corrected chi connectivity index (χ4v) is 2.46. The highest BCUT2D eigenvalue weighted by atomic mass is 35.5. The van der Waals surface area contributed by atoms with Gasteiger partial charge in [-0.3, -0.25) is 4.79 Å². The summed E-state index contributed by atoms with van der Waals surface area (Å²) >= 11 is 5.78. The predicted octanol–water partition coefficient (Wildman–Crippen LogP) is 2.74. The zero-order valence-electron chi connectivity index (χ0n) is 9.13. The molecule has 0 saturated heterocycles. The minimum Gasteiger partial charge on any atom is -0.349 e. The summed E-state index contributed by atoms with van der Waals surface area (Å²) in [5, 5.41) is 3.55. The lowest BCUT2D eigenvalue weighted by Gasteiger charge is -2.24. The van der Waals surface area contributed by atoms with E-state index < -0.39 is 5.82 Å². The number of hydrogen-bond acceptors (Lipinski definition) is 1. The van der Waals surface area contributed by atoms with Crippen molar-refractivity contribution in [2.45, 2.75) is 13.0 Å². The normalized spacial score (nSPS) is 19.2. The van der Waals surface area contributed by atoms with E-state index in [4.69, 9.17) is 11.6 Å². The Hall–Kier alpha value is -1.55. The van der Waals surface area contributed by atoms with E-state index in [2.05, 4.69) is 5.32 Å². The molecule has 0 radical (unpaired) electrons. The van der Waals surface area contributed by atoms with E-state index >= 15 is 0 Å². The van der Waals surface area contributed by atoms with Crippen LogP contribution in [-0.4, -0.2) is 17.0 Å². The van der Waals surface area contributed by atoms with Crippen molar-refractivity contribution >= 4 is 28.4 Å². The lowest BCUT2D eigenvalue weighted by molar-refractivity contribution is 0.0919. The number of nitrogens with one attached hydrogen (secondary N) is 1. The number of nitrogens with zero attached hydrogens (tertiary/aromatic N) is 1. The number of carbonyl (C=O) groups excluding carboxylic acids is 1. The minimum atomic E-state index is -0.461. The second-order valence-electron chi connectivity index (χ2n) is 4.26. The quantitative estimate of drug-likeness (QED) is 0.769. The smallest absolute Gasteiger partial charge is 0.268 e. The van der Waals surface area contributed by atoms with E-state index in [9.17, 15) is 9.18 Å². The number of halogens is 2. The van der Waals surface area contributed by atoms with E-state index in [0.29, 0.717) is 23.1 Å². The van der Waals surface area contributed by atoms with Gasteiger partial charge in [0.15, 0.2) is 5.82 Å². The van der Waals surface area contributed by atoms with Crippen molar-refractivity contribution in [1.82, 2.24) is 9.88 Å². The largest absolute Gasteiger partial charge is 0.349 e. The molecule has 3 nitrogen and oxygen atoms in total. The molecular formula is C12H10ClFN2O. The third kappa shape index (κ3) is 1.37. The number of carbonyl (C=O) groups is 1. The van der Waals surface area contributed by atoms with Gasteiger partial charge in [-0.2, -0.15) is 0 Å². The number of fused-ring (bicyclic) bond motifs is 3. The zero-order chi connectivity index (χ0) is 12.2. The van der Waals surface area contributed by atoms with E-state index in [0.717, 1.165) is 0 Å². The molecule has 1 amide bonds. The summed E-state index contributed by atoms with van der Waals surface area (Å²) in [5.41, 5.74) is 0.898. The molecule has 1 aromatic carbocycles. The summed E-state index contributed by atoms with van der Waals surface area (Å²) in [6.45, 7) is 2.43. The van der Waals surface area contributed by atoms with Gasteiger partial charge >= 0.3 is 0 Å². The van der Waals surface area contributed by atoms with Crippen molar-refractivity contribution in [3.8, 4) is 0 Å². The van der Waals surface area contributed by atoms with Crippen LogP contribution in [0.25, 0.3) is 10.9 Å². The van der Waals surface area contributed by atoms with Crippen molar-refractivity contribution in [3.63, 3.8) is 0 Å². The van der Waals surface area contributed by atoms with Gasteiger partial charge in [0.05, 0.1) is 10.5 Å². The molecule has 1 aliphatic heterocycles. The molecule has 17 heavy (non-hydrogen) atoms. The molecule has 0 bridgehead atoms. The van der Waals surface area contributed by atoms with E-state index in [1.54, 1.807) is 16.7 Å². The summed E-state index contributed by atoms with van der Waals surface area (Å²) in [6, 6.07) is 4.95. The summed E-state index contributed by atoms with van der Waals surface area (Å²) in [6.07, 6.45) is 0. The molecule has 1 N–H and O–H groups in total. The van der Waals surface area contributed by atoms with Crippen molar-refractivity contribution in [2.75, 3.05) is 6.54 Å². The Morgan fingerprint density at radius 3 is 3.06 bits per heavy atom. The van der Waals surface area contributed by atoms with Gasteiger partial charge in [-0.15, -0.1) is 0 Å². The maximum Gasteiger partial charge on any atom is 0.268 e. The molecule has 1 atom stereocenters. The molecule has 1 aromatic heterocycles.